The summed E-state index contributed by atoms with van der Waals surface area (Å²) in [6, 6.07) is 14.9. The van der Waals surface area contributed by atoms with E-state index in [1.54, 1.807) is 20.1 Å². The predicted octanol–water partition coefficient (Wildman–Crippen LogP) is 3.58. The van der Waals surface area contributed by atoms with Crippen molar-refractivity contribution in [2.24, 2.45) is 5.92 Å². The summed E-state index contributed by atoms with van der Waals surface area (Å²) in [6.07, 6.45) is 0.294. The summed E-state index contributed by atoms with van der Waals surface area (Å²) in [5.74, 6) is 0.864. The first kappa shape index (κ1) is 18.8. The maximum atomic E-state index is 12.5. The Morgan fingerprint density at radius 2 is 1.80 bits per heavy atom. The Hall–Kier alpha value is -2.53. The minimum absolute atomic E-state index is 0.131. The van der Waals surface area contributed by atoms with Gasteiger partial charge in [0.25, 0.3) is 5.91 Å². The normalized spacial score (nSPS) is 13.0. The van der Waals surface area contributed by atoms with Crippen LogP contribution in [0.1, 0.15) is 30.6 Å². The molecule has 0 aromatic heterocycles. The van der Waals surface area contributed by atoms with E-state index in [9.17, 15) is 9.90 Å². The van der Waals surface area contributed by atoms with E-state index in [2.05, 4.69) is 10.6 Å². The van der Waals surface area contributed by atoms with Crippen LogP contribution in [0.2, 0.25) is 0 Å². The van der Waals surface area contributed by atoms with Gasteiger partial charge in [-0.3, -0.25) is 4.79 Å². The summed E-state index contributed by atoms with van der Waals surface area (Å²) in [4.78, 5) is 12.5. The van der Waals surface area contributed by atoms with Crippen LogP contribution in [-0.2, 0) is 0 Å². The molecule has 0 aliphatic rings. The number of anilines is 2. The van der Waals surface area contributed by atoms with Crippen molar-refractivity contribution in [3.8, 4) is 5.75 Å². The molecule has 2 aromatic carbocycles. The first-order chi connectivity index (χ1) is 12.0. The Morgan fingerprint density at radius 3 is 2.44 bits per heavy atom. The van der Waals surface area contributed by atoms with Gasteiger partial charge in [-0.2, -0.15) is 0 Å². The first-order valence-corrected chi connectivity index (χ1v) is 8.46. The highest BCUT2D eigenvalue weighted by Gasteiger charge is 2.13. The van der Waals surface area contributed by atoms with E-state index >= 15 is 0 Å². The number of carbonyl (C=O) groups is 1. The lowest BCUT2D eigenvalue weighted by atomic mass is 10.0. The summed E-state index contributed by atoms with van der Waals surface area (Å²) in [5.41, 5.74) is 2.21. The number of aliphatic hydroxyl groups is 1. The minimum atomic E-state index is -0.365. The van der Waals surface area contributed by atoms with Gasteiger partial charge in [0.15, 0.2) is 0 Å². The van der Waals surface area contributed by atoms with Crippen LogP contribution in [0, 0.1) is 5.92 Å². The zero-order valence-electron chi connectivity index (χ0n) is 15.0. The van der Waals surface area contributed by atoms with Gasteiger partial charge in [-0.15, -0.1) is 0 Å². The highest BCUT2D eigenvalue weighted by atomic mass is 16.5. The maximum Gasteiger partial charge on any atom is 0.253 e. The smallest absolute Gasteiger partial charge is 0.253 e. The van der Waals surface area contributed by atoms with E-state index in [1.807, 2.05) is 49.4 Å². The number of methoxy groups -OCH3 is 1. The molecule has 2 unspecified atom stereocenters. The standard InChI is InChI=1S/C20H26N2O3/c1-14(12-15(2)23)13-21-20(24)18-6-4-5-7-19(18)22-16-8-10-17(25-3)11-9-16/h4-11,14-15,22-23H,12-13H2,1-3H3,(H,21,24). The number of rotatable bonds is 8. The second-order valence-corrected chi connectivity index (χ2v) is 6.30. The molecular formula is C20H26N2O3. The fourth-order valence-electron chi connectivity index (χ4n) is 2.65. The van der Waals surface area contributed by atoms with Gasteiger partial charge in [0.2, 0.25) is 0 Å². The Morgan fingerprint density at radius 1 is 1.12 bits per heavy atom. The van der Waals surface area contributed by atoms with Crippen molar-refractivity contribution in [3.05, 3.63) is 54.1 Å². The molecule has 0 saturated carbocycles. The van der Waals surface area contributed by atoms with E-state index in [-0.39, 0.29) is 17.9 Å². The predicted molar refractivity (Wildman–Crippen MR) is 101 cm³/mol. The molecule has 0 bridgehead atoms. The van der Waals surface area contributed by atoms with E-state index in [1.165, 1.54) is 0 Å². The van der Waals surface area contributed by atoms with Crippen molar-refractivity contribution in [2.45, 2.75) is 26.4 Å². The van der Waals surface area contributed by atoms with E-state index in [0.29, 0.717) is 18.5 Å². The van der Waals surface area contributed by atoms with Crippen LogP contribution in [0.3, 0.4) is 0 Å². The molecule has 0 fully saturated rings. The number of nitrogens with one attached hydrogen (secondary N) is 2. The number of hydrogen-bond acceptors (Lipinski definition) is 4. The average molecular weight is 342 g/mol. The third-order valence-electron chi connectivity index (χ3n) is 3.90. The lowest BCUT2D eigenvalue weighted by Gasteiger charge is -2.16. The van der Waals surface area contributed by atoms with E-state index in [0.717, 1.165) is 17.1 Å². The number of benzene rings is 2. The molecule has 2 atom stereocenters. The van der Waals surface area contributed by atoms with Crippen molar-refractivity contribution in [1.29, 1.82) is 0 Å². The summed E-state index contributed by atoms with van der Waals surface area (Å²) in [6.45, 7) is 4.29. The van der Waals surface area contributed by atoms with Crippen molar-refractivity contribution in [1.82, 2.24) is 5.32 Å². The minimum Gasteiger partial charge on any atom is -0.497 e. The molecule has 2 aromatic rings. The van der Waals surface area contributed by atoms with Gasteiger partial charge in [-0.05, 0) is 55.7 Å². The molecule has 0 radical (unpaired) electrons. The van der Waals surface area contributed by atoms with Crippen LogP contribution in [0.25, 0.3) is 0 Å². The summed E-state index contributed by atoms with van der Waals surface area (Å²) in [5, 5.41) is 15.6. The molecule has 5 nitrogen and oxygen atoms in total. The van der Waals surface area contributed by atoms with Gasteiger partial charge in [0.1, 0.15) is 5.75 Å². The summed E-state index contributed by atoms with van der Waals surface area (Å²) < 4.78 is 5.15. The third-order valence-corrected chi connectivity index (χ3v) is 3.90. The fraction of sp³-hybridized carbons (Fsp3) is 0.350. The molecular weight excluding hydrogens is 316 g/mol. The number of aliphatic hydroxyl groups excluding tert-OH is 1. The Balaban J connectivity index is 2.04. The number of amides is 1. The molecule has 2 rings (SSSR count). The van der Waals surface area contributed by atoms with Gasteiger partial charge in [0.05, 0.1) is 24.5 Å². The lowest BCUT2D eigenvalue weighted by Crippen LogP contribution is -2.29. The average Bonchev–Trinajstić information content (AvgIpc) is 2.60. The quantitative estimate of drug-likeness (QED) is 0.686. The number of para-hydroxylation sites is 1. The maximum absolute atomic E-state index is 12.5. The summed E-state index contributed by atoms with van der Waals surface area (Å²) >= 11 is 0. The fourth-order valence-corrected chi connectivity index (χ4v) is 2.65. The monoisotopic (exact) mass is 342 g/mol. The Kier molecular flexibility index (Phi) is 6.83. The van der Waals surface area contributed by atoms with Gasteiger partial charge in [-0.25, -0.2) is 0 Å². The number of ether oxygens (including phenoxy) is 1. The molecule has 0 aliphatic heterocycles. The highest BCUT2D eigenvalue weighted by Crippen LogP contribution is 2.23. The van der Waals surface area contributed by atoms with E-state index in [4.69, 9.17) is 4.74 Å². The largest absolute Gasteiger partial charge is 0.497 e. The molecule has 134 valence electrons. The summed E-state index contributed by atoms with van der Waals surface area (Å²) in [7, 11) is 1.63. The molecule has 3 N–H and O–H groups in total. The molecule has 0 aliphatic carbocycles. The van der Waals surface area contributed by atoms with E-state index < -0.39 is 0 Å². The van der Waals surface area contributed by atoms with Gasteiger partial charge in [-0.1, -0.05) is 19.1 Å². The van der Waals surface area contributed by atoms with Crippen LogP contribution < -0.4 is 15.4 Å². The van der Waals surface area contributed by atoms with Gasteiger partial charge < -0.3 is 20.5 Å². The molecule has 5 heteroatoms. The molecule has 1 amide bonds. The number of hydrogen-bond donors (Lipinski definition) is 3. The van der Waals surface area contributed by atoms with Gasteiger partial charge in [0, 0.05) is 12.2 Å². The van der Waals surface area contributed by atoms with Crippen LogP contribution in [0.5, 0.6) is 5.75 Å². The highest BCUT2D eigenvalue weighted by molar-refractivity contribution is 6.00. The number of carbonyl (C=O) groups excluding carboxylic acids is 1. The van der Waals surface area contributed by atoms with Gasteiger partial charge >= 0.3 is 0 Å². The van der Waals surface area contributed by atoms with Crippen LogP contribution in [0.15, 0.2) is 48.5 Å². The third kappa shape index (κ3) is 5.80. The first-order valence-electron chi connectivity index (χ1n) is 8.46. The molecule has 0 spiro atoms. The SMILES string of the molecule is COc1ccc(Nc2ccccc2C(=O)NCC(C)CC(C)O)cc1. The zero-order chi connectivity index (χ0) is 18.2. The van der Waals surface area contributed by atoms with Crippen LogP contribution in [-0.4, -0.2) is 30.8 Å². The van der Waals surface area contributed by atoms with Crippen molar-refractivity contribution >= 4 is 17.3 Å². The van der Waals surface area contributed by atoms with Crippen molar-refractivity contribution in [3.63, 3.8) is 0 Å². The van der Waals surface area contributed by atoms with Crippen molar-refractivity contribution < 1.29 is 14.6 Å². The lowest BCUT2D eigenvalue weighted by molar-refractivity contribution is 0.0940. The second-order valence-electron chi connectivity index (χ2n) is 6.30. The Bertz CT molecular complexity index is 684. The molecule has 0 saturated heterocycles. The topological polar surface area (TPSA) is 70.6 Å². The molecule has 0 heterocycles. The zero-order valence-corrected chi connectivity index (χ0v) is 15.0. The second kappa shape index (κ2) is 9.08. The van der Waals surface area contributed by atoms with Crippen LogP contribution in [0.4, 0.5) is 11.4 Å². The van der Waals surface area contributed by atoms with Crippen LogP contribution >= 0.6 is 0 Å². The van der Waals surface area contributed by atoms with Crippen molar-refractivity contribution in [2.75, 3.05) is 19.0 Å². The molecule has 25 heavy (non-hydrogen) atoms. The Labute approximate surface area is 149 Å².